The van der Waals surface area contributed by atoms with E-state index in [1.54, 1.807) is 0 Å². The Balaban J connectivity index is 2.21. The van der Waals surface area contributed by atoms with Gasteiger partial charge in [0.15, 0.2) is 0 Å². The molecular weight excluding hydrogens is 244 g/mol. The number of piperidine rings is 1. The van der Waals surface area contributed by atoms with E-state index in [1.165, 1.54) is 12.8 Å². The number of thiocarbonyl (C=S) groups is 1. The minimum atomic E-state index is -0.121. The molecule has 0 aromatic heterocycles. The number of hydrogen-bond acceptors (Lipinski definition) is 3. The standard InChI is InChI=1S/C14H26N2OS/c1-13(2)9-11(14(3,4)17-13)16-8-6-5-7-10(16)12(15)18/h10-11H,5-9H2,1-4H3,(H2,15,18). The van der Waals surface area contributed by atoms with Crippen LogP contribution in [0.1, 0.15) is 53.4 Å². The largest absolute Gasteiger partial charge is 0.392 e. The van der Waals surface area contributed by atoms with Crippen LogP contribution < -0.4 is 5.73 Å². The smallest absolute Gasteiger partial charge is 0.0902 e. The Labute approximate surface area is 116 Å². The summed E-state index contributed by atoms with van der Waals surface area (Å²) in [4.78, 5) is 3.15. The molecule has 0 radical (unpaired) electrons. The Morgan fingerprint density at radius 2 is 1.94 bits per heavy atom. The predicted octanol–water partition coefficient (Wildman–Crippen LogP) is 2.47. The SMILES string of the molecule is CC1(C)CC(N2CCCCC2C(N)=S)C(C)(C)O1. The first-order valence-corrected chi connectivity index (χ1v) is 7.39. The molecule has 2 N–H and O–H groups in total. The van der Waals surface area contributed by atoms with Gasteiger partial charge in [-0.25, -0.2) is 0 Å². The molecule has 18 heavy (non-hydrogen) atoms. The van der Waals surface area contributed by atoms with Gasteiger partial charge in [-0.2, -0.15) is 0 Å². The first-order chi connectivity index (χ1) is 8.23. The number of hydrogen-bond donors (Lipinski definition) is 1. The van der Waals surface area contributed by atoms with Crippen molar-refractivity contribution in [3.63, 3.8) is 0 Å². The van der Waals surface area contributed by atoms with E-state index in [1.807, 2.05) is 0 Å². The van der Waals surface area contributed by atoms with Crippen molar-refractivity contribution in [2.75, 3.05) is 6.54 Å². The van der Waals surface area contributed by atoms with Crippen LogP contribution in [0.3, 0.4) is 0 Å². The van der Waals surface area contributed by atoms with Crippen LogP contribution in [-0.4, -0.2) is 39.7 Å². The van der Waals surface area contributed by atoms with E-state index in [0.29, 0.717) is 11.0 Å². The Morgan fingerprint density at radius 3 is 2.44 bits per heavy atom. The van der Waals surface area contributed by atoms with Gasteiger partial charge in [0.1, 0.15) is 0 Å². The molecule has 0 aromatic carbocycles. The van der Waals surface area contributed by atoms with Crippen LogP contribution in [0.4, 0.5) is 0 Å². The molecule has 2 saturated heterocycles. The van der Waals surface area contributed by atoms with Crippen molar-refractivity contribution in [3.05, 3.63) is 0 Å². The zero-order valence-corrected chi connectivity index (χ0v) is 12.8. The summed E-state index contributed by atoms with van der Waals surface area (Å²) in [7, 11) is 0. The van der Waals surface area contributed by atoms with Crippen LogP contribution >= 0.6 is 12.2 Å². The maximum Gasteiger partial charge on any atom is 0.0902 e. The van der Waals surface area contributed by atoms with Gasteiger partial charge in [-0.05, 0) is 53.5 Å². The molecule has 2 heterocycles. The normalized spacial score (nSPS) is 35.6. The van der Waals surface area contributed by atoms with Gasteiger partial charge in [-0.3, -0.25) is 4.90 Å². The fourth-order valence-electron chi connectivity index (χ4n) is 3.68. The van der Waals surface area contributed by atoms with Gasteiger partial charge in [-0.15, -0.1) is 0 Å². The first kappa shape index (κ1) is 14.2. The predicted molar refractivity (Wildman–Crippen MR) is 78.8 cm³/mol. The summed E-state index contributed by atoms with van der Waals surface area (Å²) < 4.78 is 6.20. The van der Waals surface area contributed by atoms with Crippen molar-refractivity contribution in [2.45, 2.75) is 76.7 Å². The maximum atomic E-state index is 6.20. The zero-order chi connectivity index (χ0) is 13.6. The molecule has 2 unspecified atom stereocenters. The van der Waals surface area contributed by atoms with Crippen LogP contribution in [0.5, 0.6) is 0 Å². The molecule has 3 nitrogen and oxygen atoms in total. The van der Waals surface area contributed by atoms with Crippen molar-refractivity contribution in [1.82, 2.24) is 4.90 Å². The van der Waals surface area contributed by atoms with Gasteiger partial charge in [0.05, 0.1) is 22.2 Å². The molecule has 104 valence electrons. The number of rotatable bonds is 2. The molecule has 0 saturated carbocycles. The lowest BCUT2D eigenvalue weighted by molar-refractivity contribution is -0.0837. The van der Waals surface area contributed by atoms with Gasteiger partial charge < -0.3 is 10.5 Å². The van der Waals surface area contributed by atoms with Crippen LogP contribution in [0.25, 0.3) is 0 Å². The van der Waals surface area contributed by atoms with E-state index < -0.39 is 0 Å². The number of likely N-dealkylation sites (tertiary alicyclic amines) is 1. The fourth-order valence-corrected chi connectivity index (χ4v) is 3.94. The summed E-state index contributed by atoms with van der Waals surface area (Å²) in [6.45, 7) is 9.83. The van der Waals surface area contributed by atoms with E-state index in [-0.39, 0.29) is 17.2 Å². The molecule has 2 atom stereocenters. The molecule has 4 heteroatoms. The van der Waals surface area contributed by atoms with Gasteiger partial charge in [0.25, 0.3) is 0 Å². The Bertz CT molecular complexity index is 341. The van der Waals surface area contributed by atoms with Crippen LogP contribution in [-0.2, 0) is 4.74 Å². The van der Waals surface area contributed by atoms with Gasteiger partial charge in [0.2, 0.25) is 0 Å². The molecule has 2 rings (SSSR count). The second-order valence-corrected chi connectivity index (χ2v) is 7.31. The molecular formula is C14H26N2OS. The Kier molecular flexibility index (Phi) is 3.74. The van der Waals surface area contributed by atoms with Crippen LogP contribution in [0.2, 0.25) is 0 Å². The Morgan fingerprint density at radius 1 is 1.28 bits per heavy atom. The van der Waals surface area contributed by atoms with Crippen molar-refractivity contribution in [2.24, 2.45) is 5.73 Å². The van der Waals surface area contributed by atoms with Crippen molar-refractivity contribution < 1.29 is 4.74 Å². The lowest BCUT2D eigenvalue weighted by Crippen LogP contribution is -2.56. The molecule has 2 aliphatic heterocycles. The highest BCUT2D eigenvalue weighted by molar-refractivity contribution is 7.80. The first-order valence-electron chi connectivity index (χ1n) is 6.98. The van der Waals surface area contributed by atoms with E-state index >= 15 is 0 Å². The zero-order valence-electron chi connectivity index (χ0n) is 12.0. The highest BCUT2D eigenvalue weighted by atomic mass is 32.1. The summed E-state index contributed by atoms with van der Waals surface area (Å²) in [5.74, 6) is 0. The van der Waals surface area contributed by atoms with E-state index in [4.69, 9.17) is 22.7 Å². The number of ether oxygens (including phenoxy) is 1. The average Bonchev–Trinajstić information content (AvgIpc) is 2.46. The van der Waals surface area contributed by atoms with Gasteiger partial charge in [0, 0.05) is 6.04 Å². The summed E-state index contributed by atoms with van der Waals surface area (Å²) in [6, 6.07) is 0.676. The molecule has 2 fully saturated rings. The summed E-state index contributed by atoms with van der Waals surface area (Å²) >= 11 is 5.26. The third-order valence-corrected chi connectivity index (χ3v) is 4.57. The maximum absolute atomic E-state index is 6.20. The quantitative estimate of drug-likeness (QED) is 0.782. The second kappa shape index (κ2) is 4.73. The molecule has 0 spiro atoms. The summed E-state index contributed by atoms with van der Waals surface area (Å²) in [5, 5.41) is 0. The third-order valence-electron chi connectivity index (χ3n) is 4.30. The minimum absolute atomic E-state index is 0.0492. The summed E-state index contributed by atoms with van der Waals surface area (Å²) in [5.41, 5.74) is 5.76. The fraction of sp³-hybridized carbons (Fsp3) is 0.929. The van der Waals surface area contributed by atoms with Gasteiger partial charge in [-0.1, -0.05) is 18.6 Å². The molecule has 0 aromatic rings. The van der Waals surface area contributed by atoms with Gasteiger partial charge >= 0.3 is 0 Å². The van der Waals surface area contributed by atoms with E-state index in [9.17, 15) is 0 Å². The highest BCUT2D eigenvalue weighted by Gasteiger charge is 2.50. The monoisotopic (exact) mass is 270 g/mol. The van der Waals surface area contributed by atoms with Crippen molar-refractivity contribution in [3.8, 4) is 0 Å². The van der Waals surface area contributed by atoms with Crippen LogP contribution in [0, 0.1) is 0 Å². The number of nitrogens with two attached hydrogens (primary N) is 1. The van der Waals surface area contributed by atoms with E-state index in [0.717, 1.165) is 19.4 Å². The summed E-state index contributed by atoms with van der Waals surface area (Å²) in [6.07, 6.45) is 4.63. The second-order valence-electron chi connectivity index (χ2n) is 6.84. The lowest BCUT2D eigenvalue weighted by Gasteiger charge is -2.43. The van der Waals surface area contributed by atoms with E-state index in [2.05, 4.69) is 32.6 Å². The molecule has 0 aliphatic carbocycles. The third kappa shape index (κ3) is 2.70. The van der Waals surface area contributed by atoms with Crippen molar-refractivity contribution in [1.29, 1.82) is 0 Å². The Hall–Kier alpha value is -0.190. The van der Waals surface area contributed by atoms with Crippen molar-refractivity contribution >= 4 is 17.2 Å². The highest BCUT2D eigenvalue weighted by Crippen LogP contribution is 2.42. The minimum Gasteiger partial charge on any atom is -0.392 e. The topological polar surface area (TPSA) is 38.5 Å². The number of nitrogens with zero attached hydrogens (tertiary/aromatic N) is 1. The average molecular weight is 270 g/mol. The van der Waals surface area contributed by atoms with Crippen LogP contribution in [0.15, 0.2) is 0 Å². The molecule has 0 bridgehead atoms. The lowest BCUT2D eigenvalue weighted by atomic mass is 9.89. The molecule has 0 amide bonds. The molecule has 2 aliphatic rings.